The van der Waals surface area contributed by atoms with Gasteiger partial charge < -0.3 is 10.5 Å². The summed E-state index contributed by atoms with van der Waals surface area (Å²) in [4.78, 5) is 4.35. The van der Waals surface area contributed by atoms with Crippen molar-refractivity contribution in [2.45, 2.75) is 0 Å². The van der Waals surface area contributed by atoms with E-state index in [-0.39, 0.29) is 5.82 Å². The van der Waals surface area contributed by atoms with Crippen molar-refractivity contribution in [3.05, 3.63) is 65.2 Å². The molecule has 4 nitrogen and oxygen atoms in total. The van der Waals surface area contributed by atoms with Gasteiger partial charge in [-0.25, -0.2) is 4.98 Å². The molecule has 0 unspecified atom stereocenters. The lowest BCUT2D eigenvalue weighted by atomic mass is 9.98. The molecule has 0 saturated heterocycles. The average molecular weight is 336 g/mol. The standard InChI is InChI=1S/C19H14ClN3O/c1-24-15-8-4-12(5-9-15)16-10-18(23-19(22)17(16)11-21)13-2-6-14(20)7-3-13/h2-10H,1H3,(H2,22,23). The van der Waals surface area contributed by atoms with Gasteiger partial charge in [-0.05, 0) is 35.9 Å². The highest BCUT2D eigenvalue weighted by molar-refractivity contribution is 6.30. The molecule has 1 heterocycles. The largest absolute Gasteiger partial charge is 0.497 e. The minimum atomic E-state index is 0.204. The van der Waals surface area contributed by atoms with Gasteiger partial charge in [0.2, 0.25) is 0 Å². The fourth-order valence-electron chi connectivity index (χ4n) is 2.45. The first-order chi connectivity index (χ1) is 11.6. The smallest absolute Gasteiger partial charge is 0.142 e. The maximum absolute atomic E-state index is 9.45. The lowest BCUT2D eigenvalue weighted by Gasteiger charge is -2.11. The zero-order valence-corrected chi connectivity index (χ0v) is 13.7. The van der Waals surface area contributed by atoms with E-state index in [0.29, 0.717) is 16.3 Å². The number of hydrogen-bond acceptors (Lipinski definition) is 4. The van der Waals surface area contributed by atoms with Crippen molar-refractivity contribution in [3.63, 3.8) is 0 Å². The minimum absolute atomic E-state index is 0.204. The molecule has 0 atom stereocenters. The number of benzene rings is 2. The molecule has 0 aliphatic heterocycles. The first kappa shape index (κ1) is 15.9. The summed E-state index contributed by atoms with van der Waals surface area (Å²) in [6, 6.07) is 18.8. The first-order valence-corrected chi connectivity index (χ1v) is 7.61. The molecule has 0 fully saturated rings. The fourth-order valence-corrected chi connectivity index (χ4v) is 2.58. The van der Waals surface area contributed by atoms with E-state index in [1.807, 2.05) is 42.5 Å². The maximum atomic E-state index is 9.45. The number of nitriles is 1. The number of rotatable bonds is 3. The van der Waals surface area contributed by atoms with Crippen LogP contribution in [0.25, 0.3) is 22.4 Å². The van der Waals surface area contributed by atoms with Crippen LogP contribution in [0, 0.1) is 11.3 Å². The van der Waals surface area contributed by atoms with E-state index in [1.165, 1.54) is 0 Å². The molecule has 2 N–H and O–H groups in total. The van der Waals surface area contributed by atoms with Crippen LogP contribution in [0.1, 0.15) is 5.56 Å². The van der Waals surface area contributed by atoms with Crippen molar-refractivity contribution in [3.8, 4) is 34.2 Å². The number of pyridine rings is 1. The van der Waals surface area contributed by atoms with Crippen molar-refractivity contribution in [2.75, 3.05) is 12.8 Å². The molecule has 0 bridgehead atoms. The second kappa shape index (κ2) is 6.61. The van der Waals surface area contributed by atoms with Crippen LogP contribution < -0.4 is 10.5 Å². The number of methoxy groups -OCH3 is 1. The summed E-state index contributed by atoms with van der Waals surface area (Å²) in [5.41, 5.74) is 9.54. The molecule has 3 rings (SSSR count). The Morgan fingerprint density at radius 1 is 1.04 bits per heavy atom. The highest BCUT2D eigenvalue weighted by Gasteiger charge is 2.13. The van der Waals surface area contributed by atoms with E-state index in [0.717, 1.165) is 22.4 Å². The van der Waals surface area contributed by atoms with Gasteiger partial charge in [-0.3, -0.25) is 0 Å². The third-order valence-corrected chi connectivity index (χ3v) is 3.95. The van der Waals surface area contributed by atoms with E-state index in [9.17, 15) is 5.26 Å². The molecule has 3 aromatic rings. The van der Waals surface area contributed by atoms with Crippen LogP contribution in [0.4, 0.5) is 5.82 Å². The van der Waals surface area contributed by atoms with Gasteiger partial charge >= 0.3 is 0 Å². The number of anilines is 1. The lowest BCUT2D eigenvalue weighted by Crippen LogP contribution is -1.99. The monoisotopic (exact) mass is 335 g/mol. The summed E-state index contributed by atoms with van der Waals surface area (Å²) in [5.74, 6) is 0.952. The summed E-state index contributed by atoms with van der Waals surface area (Å²) in [7, 11) is 1.61. The Kier molecular flexibility index (Phi) is 4.37. The van der Waals surface area contributed by atoms with Gasteiger partial charge in [0.15, 0.2) is 0 Å². The zero-order valence-electron chi connectivity index (χ0n) is 13.0. The van der Waals surface area contributed by atoms with Crippen LogP contribution in [0.3, 0.4) is 0 Å². The van der Waals surface area contributed by atoms with Crippen LogP contribution in [0.2, 0.25) is 5.02 Å². The topological polar surface area (TPSA) is 71.9 Å². The number of ether oxygens (including phenoxy) is 1. The van der Waals surface area contributed by atoms with Crippen LogP contribution in [-0.2, 0) is 0 Å². The van der Waals surface area contributed by atoms with E-state index in [4.69, 9.17) is 22.1 Å². The molecule has 2 aromatic carbocycles. The van der Waals surface area contributed by atoms with Crippen molar-refractivity contribution in [1.82, 2.24) is 4.98 Å². The van der Waals surface area contributed by atoms with Gasteiger partial charge in [0, 0.05) is 16.1 Å². The molecule has 0 aliphatic rings. The molecule has 1 aromatic heterocycles. The number of hydrogen-bond donors (Lipinski definition) is 1. The van der Waals surface area contributed by atoms with Crippen LogP contribution >= 0.6 is 11.6 Å². The second-order valence-electron chi connectivity index (χ2n) is 5.16. The second-order valence-corrected chi connectivity index (χ2v) is 5.60. The van der Waals surface area contributed by atoms with Gasteiger partial charge in [-0.1, -0.05) is 35.9 Å². The Bertz CT molecular complexity index is 913. The van der Waals surface area contributed by atoms with Gasteiger partial charge in [0.05, 0.1) is 12.8 Å². The molecule has 0 spiro atoms. The highest BCUT2D eigenvalue weighted by atomic mass is 35.5. The van der Waals surface area contributed by atoms with Crippen molar-refractivity contribution < 1.29 is 4.74 Å². The zero-order chi connectivity index (χ0) is 17.1. The Labute approximate surface area is 145 Å². The quantitative estimate of drug-likeness (QED) is 0.763. The summed E-state index contributed by atoms with van der Waals surface area (Å²) < 4.78 is 5.18. The van der Waals surface area contributed by atoms with Gasteiger partial charge in [-0.2, -0.15) is 5.26 Å². The third kappa shape index (κ3) is 3.03. The Hall–Kier alpha value is -3.03. The first-order valence-electron chi connectivity index (χ1n) is 7.23. The lowest BCUT2D eigenvalue weighted by molar-refractivity contribution is 0.415. The molecular weight excluding hydrogens is 322 g/mol. The van der Waals surface area contributed by atoms with E-state index >= 15 is 0 Å². The molecule has 0 aliphatic carbocycles. The van der Waals surface area contributed by atoms with Crippen molar-refractivity contribution in [1.29, 1.82) is 5.26 Å². The number of aromatic nitrogens is 1. The Balaban J connectivity index is 2.16. The molecule has 0 saturated carbocycles. The number of nitrogen functional groups attached to an aromatic ring is 1. The molecule has 24 heavy (non-hydrogen) atoms. The van der Waals surface area contributed by atoms with Crippen LogP contribution in [-0.4, -0.2) is 12.1 Å². The third-order valence-electron chi connectivity index (χ3n) is 3.70. The normalized spacial score (nSPS) is 10.2. The highest BCUT2D eigenvalue weighted by Crippen LogP contribution is 2.32. The van der Waals surface area contributed by atoms with Crippen molar-refractivity contribution >= 4 is 17.4 Å². The average Bonchev–Trinajstić information content (AvgIpc) is 2.61. The van der Waals surface area contributed by atoms with E-state index in [2.05, 4.69) is 11.1 Å². The van der Waals surface area contributed by atoms with Gasteiger partial charge in [0.25, 0.3) is 0 Å². The predicted octanol–water partition coefficient (Wildman–Crippen LogP) is 4.53. The summed E-state index contributed by atoms with van der Waals surface area (Å²) in [6.07, 6.45) is 0. The summed E-state index contributed by atoms with van der Waals surface area (Å²) in [6.45, 7) is 0. The molecule has 5 heteroatoms. The summed E-state index contributed by atoms with van der Waals surface area (Å²) in [5, 5.41) is 10.1. The maximum Gasteiger partial charge on any atom is 0.142 e. The van der Waals surface area contributed by atoms with E-state index < -0.39 is 0 Å². The Morgan fingerprint density at radius 2 is 1.67 bits per heavy atom. The number of nitrogens with two attached hydrogens (primary N) is 1. The molecule has 0 amide bonds. The number of halogens is 1. The molecule has 0 radical (unpaired) electrons. The summed E-state index contributed by atoms with van der Waals surface area (Å²) >= 11 is 5.93. The minimum Gasteiger partial charge on any atom is -0.497 e. The van der Waals surface area contributed by atoms with Crippen molar-refractivity contribution in [2.24, 2.45) is 0 Å². The van der Waals surface area contributed by atoms with E-state index in [1.54, 1.807) is 19.2 Å². The molecular formula is C19H14ClN3O. The predicted molar refractivity (Wildman–Crippen MR) is 95.8 cm³/mol. The van der Waals surface area contributed by atoms with Crippen LogP contribution in [0.5, 0.6) is 5.75 Å². The van der Waals surface area contributed by atoms with Gasteiger partial charge in [0.1, 0.15) is 23.2 Å². The fraction of sp³-hybridized carbons (Fsp3) is 0.0526. The SMILES string of the molecule is COc1ccc(-c2cc(-c3ccc(Cl)cc3)nc(N)c2C#N)cc1. The van der Waals surface area contributed by atoms with Crippen LogP contribution in [0.15, 0.2) is 54.6 Å². The Morgan fingerprint density at radius 3 is 2.25 bits per heavy atom. The van der Waals surface area contributed by atoms with Gasteiger partial charge in [-0.15, -0.1) is 0 Å². The number of nitrogens with zero attached hydrogens (tertiary/aromatic N) is 2. The molecule has 118 valence electrons.